The van der Waals surface area contributed by atoms with Crippen LogP contribution in [0.1, 0.15) is 25.3 Å². The molecule has 2 aromatic rings. The third kappa shape index (κ3) is 3.39. The highest BCUT2D eigenvalue weighted by Crippen LogP contribution is 2.34. The molecule has 106 valence electrons. The molecule has 0 aliphatic rings. The molecule has 3 nitrogen and oxygen atoms in total. The van der Waals surface area contributed by atoms with Gasteiger partial charge in [0.25, 0.3) is 0 Å². The van der Waals surface area contributed by atoms with Crippen molar-refractivity contribution in [3.05, 3.63) is 54.1 Å². The normalized spacial score (nSPS) is 11.6. The summed E-state index contributed by atoms with van der Waals surface area (Å²) in [4.78, 5) is 0. The first-order chi connectivity index (χ1) is 9.38. The van der Waals surface area contributed by atoms with Gasteiger partial charge >= 0.3 is 0 Å². The number of anilines is 1. The number of rotatable bonds is 4. The van der Waals surface area contributed by atoms with Crippen molar-refractivity contribution in [1.82, 2.24) is 0 Å². The van der Waals surface area contributed by atoms with Gasteiger partial charge in [-0.1, -0.05) is 56.3 Å². The number of para-hydroxylation sites is 1. The third-order valence-electron chi connectivity index (χ3n) is 3.10. The lowest BCUT2D eigenvalue weighted by molar-refractivity contribution is 0.607. The van der Waals surface area contributed by atoms with E-state index in [1.807, 2.05) is 36.4 Å². The molecule has 0 atom stereocenters. The number of benzene rings is 2. The smallest absolute Gasteiger partial charge is 0.229 e. The van der Waals surface area contributed by atoms with Crippen molar-refractivity contribution < 1.29 is 8.42 Å². The standard InChI is InChI=1S/C16H19NO2S/c1-12(2)13-8-4-5-9-14(13)15-10-6-7-11-16(15)17-20(3,18)19/h4-12,17H,1-3H3. The van der Waals surface area contributed by atoms with Gasteiger partial charge < -0.3 is 0 Å². The summed E-state index contributed by atoms with van der Waals surface area (Å²) in [6, 6.07) is 15.6. The predicted octanol–water partition coefficient (Wildman–Crippen LogP) is 3.85. The van der Waals surface area contributed by atoms with Gasteiger partial charge in [-0.15, -0.1) is 0 Å². The minimum absolute atomic E-state index is 0.373. The van der Waals surface area contributed by atoms with E-state index in [1.54, 1.807) is 6.07 Å². The minimum Gasteiger partial charge on any atom is -0.283 e. The third-order valence-corrected chi connectivity index (χ3v) is 3.69. The van der Waals surface area contributed by atoms with Crippen molar-refractivity contribution in [3.8, 4) is 11.1 Å². The fourth-order valence-corrected chi connectivity index (χ4v) is 2.83. The van der Waals surface area contributed by atoms with Crippen LogP contribution < -0.4 is 4.72 Å². The highest BCUT2D eigenvalue weighted by Gasteiger charge is 2.13. The molecule has 2 aromatic carbocycles. The predicted molar refractivity (Wildman–Crippen MR) is 84.4 cm³/mol. The summed E-state index contributed by atoms with van der Waals surface area (Å²) in [5.74, 6) is 0.373. The maximum atomic E-state index is 11.5. The fraction of sp³-hybridized carbons (Fsp3) is 0.250. The Balaban J connectivity index is 2.59. The van der Waals surface area contributed by atoms with Gasteiger partial charge in [0.15, 0.2) is 0 Å². The second kappa shape index (κ2) is 5.67. The lowest BCUT2D eigenvalue weighted by Crippen LogP contribution is -2.10. The molecule has 0 unspecified atom stereocenters. The van der Waals surface area contributed by atoms with Crippen molar-refractivity contribution in [2.45, 2.75) is 19.8 Å². The zero-order valence-electron chi connectivity index (χ0n) is 11.9. The number of hydrogen-bond donors (Lipinski definition) is 1. The molecule has 0 saturated carbocycles. The first kappa shape index (κ1) is 14.6. The highest BCUT2D eigenvalue weighted by atomic mass is 32.2. The van der Waals surface area contributed by atoms with Crippen molar-refractivity contribution in [2.24, 2.45) is 0 Å². The van der Waals surface area contributed by atoms with Gasteiger partial charge in [-0.25, -0.2) is 8.42 Å². The second-order valence-electron chi connectivity index (χ2n) is 5.16. The van der Waals surface area contributed by atoms with E-state index in [9.17, 15) is 8.42 Å². The number of sulfonamides is 1. The Kier molecular flexibility index (Phi) is 4.14. The monoisotopic (exact) mass is 289 g/mol. The van der Waals surface area contributed by atoms with Crippen molar-refractivity contribution in [3.63, 3.8) is 0 Å². The Morgan fingerprint density at radius 1 is 0.900 bits per heavy atom. The summed E-state index contributed by atoms with van der Waals surface area (Å²) in [5.41, 5.74) is 3.79. The zero-order chi connectivity index (χ0) is 14.8. The molecule has 0 aliphatic carbocycles. The average molecular weight is 289 g/mol. The van der Waals surface area contributed by atoms with Gasteiger partial charge in [0.1, 0.15) is 0 Å². The van der Waals surface area contributed by atoms with E-state index >= 15 is 0 Å². The molecule has 1 N–H and O–H groups in total. The van der Waals surface area contributed by atoms with Crippen LogP contribution in [0.5, 0.6) is 0 Å². The van der Waals surface area contributed by atoms with Crippen LogP contribution in [0.4, 0.5) is 5.69 Å². The Morgan fingerprint density at radius 2 is 1.45 bits per heavy atom. The van der Waals surface area contributed by atoms with Crippen molar-refractivity contribution in [2.75, 3.05) is 11.0 Å². The van der Waals surface area contributed by atoms with Gasteiger partial charge in [0.05, 0.1) is 11.9 Å². The van der Waals surface area contributed by atoms with E-state index in [0.29, 0.717) is 11.6 Å². The van der Waals surface area contributed by atoms with Gasteiger partial charge in [0, 0.05) is 5.56 Å². The van der Waals surface area contributed by atoms with Gasteiger partial charge in [-0.3, -0.25) is 4.72 Å². The maximum absolute atomic E-state index is 11.5. The van der Waals surface area contributed by atoms with E-state index in [-0.39, 0.29) is 0 Å². The van der Waals surface area contributed by atoms with Crippen molar-refractivity contribution in [1.29, 1.82) is 0 Å². The summed E-state index contributed by atoms with van der Waals surface area (Å²) in [6.07, 6.45) is 1.16. The molecule has 0 fully saturated rings. The molecular formula is C16H19NO2S. The first-order valence-electron chi connectivity index (χ1n) is 6.54. The second-order valence-corrected chi connectivity index (χ2v) is 6.91. The van der Waals surface area contributed by atoms with Gasteiger partial charge in [-0.2, -0.15) is 0 Å². The molecule has 0 radical (unpaired) electrons. The Hall–Kier alpha value is -1.81. The van der Waals surface area contributed by atoms with E-state index in [2.05, 4.69) is 24.6 Å². The van der Waals surface area contributed by atoms with E-state index in [0.717, 1.165) is 17.4 Å². The highest BCUT2D eigenvalue weighted by molar-refractivity contribution is 7.92. The van der Waals surface area contributed by atoms with Crippen molar-refractivity contribution >= 4 is 15.7 Å². The van der Waals surface area contributed by atoms with Crippen LogP contribution in [0.15, 0.2) is 48.5 Å². The van der Waals surface area contributed by atoms with Crippen LogP contribution in [0.25, 0.3) is 11.1 Å². The molecule has 0 bridgehead atoms. The lowest BCUT2D eigenvalue weighted by Gasteiger charge is -2.16. The molecule has 4 heteroatoms. The Labute approximate surface area is 120 Å². The average Bonchev–Trinajstić information content (AvgIpc) is 2.37. The van der Waals surface area contributed by atoms with Crippen LogP contribution in [0, 0.1) is 0 Å². The van der Waals surface area contributed by atoms with Crippen LogP contribution in [0.2, 0.25) is 0 Å². The molecule has 0 aliphatic heterocycles. The number of nitrogens with one attached hydrogen (secondary N) is 1. The lowest BCUT2D eigenvalue weighted by atomic mass is 9.92. The zero-order valence-corrected chi connectivity index (χ0v) is 12.7. The van der Waals surface area contributed by atoms with E-state index in [4.69, 9.17) is 0 Å². The van der Waals surface area contributed by atoms with Crippen LogP contribution in [-0.2, 0) is 10.0 Å². The van der Waals surface area contributed by atoms with Gasteiger partial charge in [-0.05, 0) is 23.1 Å². The van der Waals surface area contributed by atoms with E-state index in [1.165, 1.54) is 5.56 Å². The Morgan fingerprint density at radius 3 is 2.05 bits per heavy atom. The van der Waals surface area contributed by atoms with E-state index < -0.39 is 10.0 Å². The fourth-order valence-electron chi connectivity index (χ4n) is 2.25. The summed E-state index contributed by atoms with van der Waals surface area (Å²) in [5, 5.41) is 0. The van der Waals surface area contributed by atoms with Gasteiger partial charge in [0.2, 0.25) is 10.0 Å². The molecule has 0 aromatic heterocycles. The van der Waals surface area contributed by atoms with Crippen LogP contribution >= 0.6 is 0 Å². The molecule has 2 rings (SSSR count). The summed E-state index contributed by atoms with van der Waals surface area (Å²) in [7, 11) is -3.29. The molecule has 20 heavy (non-hydrogen) atoms. The number of hydrogen-bond acceptors (Lipinski definition) is 2. The van der Waals surface area contributed by atoms with Crippen LogP contribution in [-0.4, -0.2) is 14.7 Å². The first-order valence-corrected chi connectivity index (χ1v) is 8.44. The summed E-state index contributed by atoms with van der Waals surface area (Å²) < 4.78 is 25.6. The summed E-state index contributed by atoms with van der Waals surface area (Å²) >= 11 is 0. The maximum Gasteiger partial charge on any atom is 0.229 e. The molecule has 0 amide bonds. The SMILES string of the molecule is CC(C)c1ccccc1-c1ccccc1NS(C)(=O)=O. The minimum atomic E-state index is -3.29. The molecular weight excluding hydrogens is 270 g/mol. The molecule has 0 saturated heterocycles. The topological polar surface area (TPSA) is 46.2 Å². The molecule has 0 heterocycles. The quantitative estimate of drug-likeness (QED) is 0.929. The Bertz CT molecular complexity index is 706. The molecule has 0 spiro atoms. The largest absolute Gasteiger partial charge is 0.283 e. The summed E-state index contributed by atoms with van der Waals surface area (Å²) in [6.45, 7) is 4.26. The van der Waals surface area contributed by atoms with Crippen LogP contribution in [0.3, 0.4) is 0 Å².